The summed E-state index contributed by atoms with van der Waals surface area (Å²) >= 11 is 0. The molecule has 2 aliphatic rings. The maximum atomic E-state index is 13.0. The van der Waals surface area contributed by atoms with Crippen molar-refractivity contribution in [1.82, 2.24) is 10.2 Å². The Kier molecular flexibility index (Phi) is 6.15. The highest BCUT2D eigenvalue weighted by atomic mass is 16.5. The number of nitrogens with one attached hydrogen (secondary N) is 1. The fourth-order valence-electron chi connectivity index (χ4n) is 4.93. The molecule has 1 fully saturated rings. The van der Waals surface area contributed by atoms with Crippen LogP contribution in [0.2, 0.25) is 0 Å². The van der Waals surface area contributed by atoms with Crippen LogP contribution >= 0.6 is 0 Å². The van der Waals surface area contributed by atoms with E-state index in [1.54, 1.807) is 14.2 Å². The molecule has 0 saturated heterocycles. The molecular weight excluding hydrogens is 390 g/mol. The first-order valence-corrected chi connectivity index (χ1v) is 10.9. The van der Waals surface area contributed by atoms with Gasteiger partial charge in [0.25, 0.3) is 0 Å². The topological polar surface area (TPSA) is 74.6 Å². The van der Waals surface area contributed by atoms with Gasteiger partial charge >= 0.3 is 0 Å². The summed E-state index contributed by atoms with van der Waals surface area (Å²) in [5.41, 5.74) is 2.74. The number of hydrogen-bond acceptors (Lipinski definition) is 5. The Morgan fingerprint density at radius 2 is 1.84 bits per heavy atom. The highest BCUT2D eigenvalue weighted by Crippen LogP contribution is 2.41. The lowest BCUT2D eigenvalue weighted by atomic mass is 9.87. The lowest BCUT2D eigenvalue weighted by Crippen LogP contribution is -2.50. The number of rotatable bonds is 6. The van der Waals surface area contributed by atoms with Crippen LogP contribution in [0.3, 0.4) is 0 Å². The maximum absolute atomic E-state index is 13.0. The minimum absolute atomic E-state index is 0.0721. The van der Waals surface area contributed by atoms with E-state index in [0.29, 0.717) is 5.75 Å². The largest absolute Gasteiger partial charge is 0.493 e. The second kappa shape index (κ2) is 8.99. The molecule has 2 aromatic rings. The zero-order valence-corrected chi connectivity index (χ0v) is 18.2. The Morgan fingerprint density at radius 1 is 1.16 bits per heavy atom. The normalized spacial score (nSPS) is 19.8. The fourth-order valence-corrected chi connectivity index (χ4v) is 4.93. The van der Waals surface area contributed by atoms with Gasteiger partial charge in [-0.1, -0.05) is 30.3 Å². The van der Waals surface area contributed by atoms with Crippen LogP contribution in [-0.4, -0.2) is 43.7 Å². The molecule has 1 aliphatic heterocycles. The summed E-state index contributed by atoms with van der Waals surface area (Å²) in [6.45, 7) is 0.992. The monoisotopic (exact) mass is 419 g/mol. The molecule has 1 N–H and O–H groups in total. The van der Waals surface area contributed by atoms with Gasteiger partial charge in [0.05, 0.1) is 32.9 Å². The van der Waals surface area contributed by atoms with E-state index < -0.39 is 5.54 Å². The molecule has 1 atom stereocenters. The van der Waals surface area contributed by atoms with E-state index in [2.05, 4.69) is 28.4 Å². The molecule has 4 rings (SSSR count). The summed E-state index contributed by atoms with van der Waals surface area (Å²) in [5.74, 6) is 1.31. The molecule has 0 unspecified atom stereocenters. The van der Waals surface area contributed by atoms with Crippen LogP contribution in [0, 0.1) is 11.3 Å². The van der Waals surface area contributed by atoms with Crippen LogP contribution in [0.1, 0.15) is 48.4 Å². The van der Waals surface area contributed by atoms with Gasteiger partial charge in [-0.15, -0.1) is 0 Å². The van der Waals surface area contributed by atoms with Gasteiger partial charge in [-0.3, -0.25) is 9.69 Å². The Morgan fingerprint density at radius 3 is 2.48 bits per heavy atom. The van der Waals surface area contributed by atoms with Gasteiger partial charge in [-0.25, -0.2) is 0 Å². The van der Waals surface area contributed by atoms with Crippen molar-refractivity contribution in [3.8, 4) is 17.6 Å². The summed E-state index contributed by atoms with van der Waals surface area (Å²) < 4.78 is 11.1. The van der Waals surface area contributed by atoms with E-state index in [-0.39, 0.29) is 18.5 Å². The van der Waals surface area contributed by atoms with Crippen molar-refractivity contribution in [2.75, 3.05) is 27.3 Å². The van der Waals surface area contributed by atoms with Gasteiger partial charge in [-0.05, 0) is 60.9 Å². The van der Waals surface area contributed by atoms with Gasteiger partial charge in [0.15, 0.2) is 11.5 Å². The van der Waals surface area contributed by atoms with Crippen molar-refractivity contribution < 1.29 is 14.3 Å². The summed E-state index contributed by atoms with van der Waals surface area (Å²) in [6, 6.07) is 16.6. The Labute approximate surface area is 183 Å². The zero-order valence-electron chi connectivity index (χ0n) is 18.2. The van der Waals surface area contributed by atoms with Crippen LogP contribution in [0.5, 0.6) is 11.5 Å². The summed E-state index contributed by atoms with van der Waals surface area (Å²) in [7, 11) is 3.28. The number of nitrogens with zero attached hydrogens (tertiary/aromatic N) is 2. The molecule has 1 heterocycles. The minimum atomic E-state index is -0.705. The van der Waals surface area contributed by atoms with Crippen molar-refractivity contribution in [3.63, 3.8) is 0 Å². The van der Waals surface area contributed by atoms with Gasteiger partial charge < -0.3 is 14.8 Å². The number of hydrogen-bond donors (Lipinski definition) is 1. The van der Waals surface area contributed by atoms with Crippen molar-refractivity contribution in [2.24, 2.45) is 0 Å². The molecule has 31 heavy (non-hydrogen) atoms. The standard InChI is InChI=1S/C25H29N3O3/c1-30-21-14-19-10-13-28(16-23(29)27-25(17-26)11-6-7-12-25)24(18-8-4-3-5-9-18)20(19)15-22(21)31-2/h3-5,8-9,14-15,24H,6-7,10-13,16H2,1-2H3,(H,27,29)/t24-/m0/s1. The molecule has 0 bridgehead atoms. The summed E-state index contributed by atoms with van der Waals surface area (Å²) in [5, 5.41) is 12.7. The molecule has 1 saturated carbocycles. The van der Waals surface area contributed by atoms with E-state index in [4.69, 9.17) is 9.47 Å². The Hall–Kier alpha value is -3.04. The lowest BCUT2D eigenvalue weighted by molar-refractivity contribution is -0.124. The van der Waals surface area contributed by atoms with Crippen molar-refractivity contribution in [3.05, 3.63) is 59.2 Å². The smallest absolute Gasteiger partial charge is 0.235 e. The van der Waals surface area contributed by atoms with E-state index >= 15 is 0 Å². The third-order valence-corrected chi connectivity index (χ3v) is 6.49. The highest BCUT2D eigenvalue weighted by molar-refractivity contribution is 5.79. The fraction of sp³-hybridized carbons (Fsp3) is 0.440. The number of benzene rings is 2. The third-order valence-electron chi connectivity index (χ3n) is 6.49. The number of carbonyl (C=O) groups is 1. The number of methoxy groups -OCH3 is 2. The average molecular weight is 420 g/mol. The van der Waals surface area contributed by atoms with Gasteiger partial charge in [-0.2, -0.15) is 5.26 Å². The van der Waals surface area contributed by atoms with Crippen molar-refractivity contribution in [2.45, 2.75) is 43.7 Å². The lowest BCUT2D eigenvalue weighted by Gasteiger charge is -2.38. The van der Waals surface area contributed by atoms with Gasteiger partial charge in [0.2, 0.25) is 5.91 Å². The number of carbonyl (C=O) groups excluding carboxylic acids is 1. The SMILES string of the molecule is COc1cc2c(cc1OC)[C@H](c1ccccc1)N(CC(=O)NC1(C#N)CCCC1)CC2. The molecule has 6 nitrogen and oxygen atoms in total. The molecule has 6 heteroatoms. The van der Waals surface area contributed by atoms with E-state index in [1.165, 1.54) is 5.56 Å². The van der Waals surface area contributed by atoms with Crippen molar-refractivity contribution >= 4 is 5.91 Å². The second-order valence-corrected chi connectivity index (χ2v) is 8.39. The van der Waals surface area contributed by atoms with Crippen LogP contribution < -0.4 is 14.8 Å². The predicted molar refractivity (Wildman–Crippen MR) is 118 cm³/mol. The van der Waals surface area contributed by atoms with Crippen LogP contribution in [0.15, 0.2) is 42.5 Å². The molecule has 0 aromatic heterocycles. The first-order valence-electron chi connectivity index (χ1n) is 10.9. The van der Waals surface area contributed by atoms with Crippen LogP contribution in [-0.2, 0) is 11.2 Å². The summed E-state index contributed by atoms with van der Waals surface area (Å²) in [4.78, 5) is 15.2. The molecule has 0 radical (unpaired) electrons. The van der Waals surface area contributed by atoms with E-state index in [0.717, 1.165) is 55.5 Å². The highest BCUT2D eigenvalue weighted by Gasteiger charge is 2.37. The average Bonchev–Trinajstić information content (AvgIpc) is 3.27. The number of nitriles is 1. The first kappa shape index (κ1) is 21.2. The number of ether oxygens (including phenoxy) is 2. The van der Waals surface area contributed by atoms with Gasteiger partial charge in [0.1, 0.15) is 5.54 Å². The molecule has 1 amide bonds. The van der Waals surface area contributed by atoms with Crippen molar-refractivity contribution in [1.29, 1.82) is 5.26 Å². The van der Waals surface area contributed by atoms with E-state index in [9.17, 15) is 10.1 Å². The molecule has 2 aromatic carbocycles. The summed E-state index contributed by atoms with van der Waals surface area (Å²) in [6.07, 6.45) is 4.25. The van der Waals surface area contributed by atoms with Crippen LogP contribution in [0.4, 0.5) is 0 Å². The molecule has 1 aliphatic carbocycles. The number of fused-ring (bicyclic) bond motifs is 1. The zero-order chi connectivity index (χ0) is 21.8. The molecule has 162 valence electrons. The van der Waals surface area contributed by atoms with E-state index in [1.807, 2.05) is 30.3 Å². The quantitative estimate of drug-likeness (QED) is 0.774. The maximum Gasteiger partial charge on any atom is 0.235 e. The Balaban J connectivity index is 1.65. The molecule has 0 spiro atoms. The second-order valence-electron chi connectivity index (χ2n) is 8.39. The predicted octanol–water partition coefficient (Wildman–Crippen LogP) is 3.60. The first-order chi connectivity index (χ1) is 15.1. The van der Waals surface area contributed by atoms with Gasteiger partial charge in [0, 0.05) is 6.54 Å². The minimum Gasteiger partial charge on any atom is -0.493 e. The third kappa shape index (κ3) is 4.24. The molecular formula is C25H29N3O3. The number of amides is 1. The Bertz CT molecular complexity index is 977. The van der Waals surface area contributed by atoms with Crippen LogP contribution in [0.25, 0.3) is 0 Å².